The average molecular weight is 235 g/mol. The molecule has 0 aliphatic heterocycles. The van der Waals surface area contributed by atoms with Crippen LogP contribution in [0.3, 0.4) is 0 Å². The number of hydrogen-bond acceptors (Lipinski definition) is 3. The molecule has 0 atom stereocenters. The van der Waals surface area contributed by atoms with E-state index < -0.39 is 5.97 Å². The van der Waals surface area contributed by atoms with E-state index in [0.717, 1.165) is 12.8 Å². The Labute approximate surface area is 98.4 Å². The topological polar surface area (TPSA) is 75.6 Å². The van der Waals surface area contributed by atoms with Gasteiger partial charge in [-0.15, -0.1) is 0 Å². The Bertz CT molecular complexity index is 466. The van der Waals surface area contributed by atoms with E-state index in [1.54, 1.807) is 12.1 Å². The number of methoxy groups -OCH3 is 1. The summed E-state index contributed by atoms with van der Waals surface area (Å²) in [5.41, 5.74) is 0.355. The first-order chi connectivity index (χ1) is 8.11. The number of rotatable bonds is 4. The highest BCUT2D eigenvalue weighted by molar-refractivity contribution is 6.02. The van der Waals surface area contributed by atoms with Gasteiger partial charge in [0.25, 0.3) is 0 Å². The molecule has 0 spiro atoms. The molecule has 90 valence electrons. The van der Waals surface area contributed by atoms with Crippen molar-refractivity contribution < 1.29 is 19.4 Å². The lowest BCUT2D eigenvalue weighted by Gasteiger charge is -2.09. The van der Waals surface area contributed by atoms with Gasteiger partial charge in [-0.05, 0) is 31.0 Å². The molecule has 0 heterocycles. The Morgan fingerprint density at radius 3 is 2.65 bits per heavy atom. The van der Waals surface area contributed by atoms with E-state index in [0.29, 0.717) is 11.4 Å². The van der Waals surface area contributed by atoms with Gasteiger partial charge in [-0.2, -0.15) is 0 Å². The van der Waals surface area contributed by atoms with Crippen molar-refractivity contribution in [2.24, 2.45) is 5.92 Å². The molecule has 1 amide bonds. The number of amides is 1. The van der Waals surface area contributed by atoms with Crippen LogP contribution in [0, 0.1) is 5.92 Å². The van der Waals surface area contributed by atoms with Gasteiger partial charge in [0.1, 0.15) is 5.75 Å². The Balaban J connectivity index is 2.25. The molecule has 0 radical (unpaired) electrons. The normalized spacial score (nSPS) is 14.2. The Morgan fingerprint density at radius 2 is 2.12 bits per heavy atom. The number of carboxylic acid groups (broad SMARTS) is 1. The predicted octanol–water partition coefficient (Wildman–Crippen LogP) is 1.74. The molecule has 1 saturated carbocycles. The predicted molar refractivity (Wildman–Crippen MR) is 61.3 cm³/mol. The maximum absolute atomic E-state index is 11.6. The molecule has 0 saturated heterocycles. The quantitative estimate of drug-likeness (QED) is 0.833. The highest BCUT2D eigenvalue weighted by Crippen LogP contribution is 2.31. The molecular formula is C12H13NO4. The van der Waals surface area contributed by atoms with Gasteiger partial charge in [0.2, 0.25) is 5.91 Å². The van der Waals surface area contributed by atoms with E-state index in [4.69, 9.17) is 9.84 Å². The summed E-state index contributed by atoms with van der Waals surface area (Å²) in [4.78, 5) is 22.6. The van der Waals surface area contributed by atoms with Gasteiger partial charge in [-0.3, -0.25) is 4.79 Å². The summed E-state index contributed by atoms with van der Waals surface area (Å²) in [6, 6.07) is 4.56. The van der Waals surface area contributed by atoms with Crippen LogP contribution in [0.2, 0.25) is 0 Å². The highest BCUT2D eigenvalue weighted by atomic mass is 16.5. The van der Waals surface area contributed by atoms with Crippen molar-refractivity contribution in [2.75, 3.05) is 12.4 Å². The molecule has 5 nitrogen and oxygen atoms in total. The summed E-state index contributed by atoms with van der Waals surface area (Å²) in [6.07, 6.45) is 1.76. The summed E-state index contributed by atoms with van der Waals surface area (Å²) in [5, 5.41) is 11.7. The number of ether oxygens (including phenoxy) is 1. The average Bonchev–Trinajstić information content (AvgIpc) is 3.13. The number of carbonyl (C=O) groups is 2. The zero-order valence-electron chi connectivity index (χ0n) is 9.40. The minimum atomic E-state index is -1.09. The number of carbonyl (C=O) groups excluding carboxylic acids is 1. The summed E-state index contributed by atoms with van der Waals surface area (Å²) in [7, 11) is 1.46. The maximum Gasteiger partial charge on any atom is 0.337 e. The van der Waals surface area contributed by atoms with Crippen molar-refractivity contribution in [1.82, 2.24) is 0 Å². The molecule has 0 unspecified atom stereocenters. The SMILES string of the molecule is COc1ccc(NC(=O)C2CC2)c(C(=O)O)c1. The lowest BCUT2D eigenvalue weighted by atomic mass is 10.1. The van der Waals surface area contributed by atoms with E-state index in [-0.39, 0.29) is 17.4 Å². The summed E-state index contributed by atoms with van der Waals surface area (Å²) in [6.45, 7) is 0. The Morgan fingerprint density at radius 1 is 1.41 bits per heavy atom. The van der Waals surface area contributed by atoms with Gasteiger partial charge in [0, 0.05) is 5.92 Å². The number of anilines is 1. The number of benzene rings is 1. The molecule has 5 heteroatoms. The van der Waals surface area contributed by atoms with E-state index in [9.17, 15) is 9.59 Å². The fourth-order valence-corrected chi connectivity index (χ4v) is 1.52. The zero-order chi connectivity index (χ0) is 12.4. The van der Waals surface area contributed by atoms with Crippen LogP contribution in [0.25, 0.3) is 0 Å². The molecule has 1 aromatic rings. The first-order valence-electron chi connectivity index (χ1n) is 5.34. The summed E-state index contributed by atoms with van der Waals surface area (Å²) in [5.74, 6) is -0.710. The van der Waals surface area contributed by atoms with Crippen LogP contribution in [0.15, 0.2) is 18.2 Å². The third kappa shape index (κ3) is 2.55. The van der Waals surface area contributed by atoms with Crippen molar-refractivity contribution in [3.05, 3.63) is 23.8 Å². The number of aromatic carboxylic acids is 1. The third-order valence-electron chi connectivity index (χ3n) is 2.66. The van der Waals surface area contributed by atoms with Crippen molar-refractivity contribution in [2.45, 2.75) is 12.8 Å². The monoisotopic (exact) mass is 235 g/mol. The minimum Gasteiger partial charge on any atom is -0.497 e. The maximum atomic E-state index is 11.6. The molecule has 1 aliphatic carbocycles. The van der Waals surface area contributed by atoms with Crippen molar-refractivity contribution in [3.63, 3.8) is 0 Å². The number of nitrogens with one attached hydrogen (secondary N) is 1. The summed E-state index contributed by atoms with van der Waals surface area (Å²) < 4.78 is 4.95. The molecule has 0 bridgehead atoms. The first-order valence-corrected chi connectivity index (χ1v) is 5.34. The second-order valence-electron chi connectivity index (χ2n) is 3.98. The fourth-order valence-electron chi connectivity index (χ4n) is 1.52. The van der Waals surface area contributed by atoms with E-state index in [1.807, 2.05) is 0 Å². The number of hydrogen-bond donors (Lipinski definition) is 2. The second kappa shape index (κ2) is 4.45. The van der Waals surface area contributed by atoms with Crippen LogP contribution in [-0.2, 0) is 4.79 Å². The molecule has 1 aliphatic rings. The third-order valence-corrected chi connectivity index (χ3v) is 2.66. The molecule has 2 rings (SSSR count). The van der Waals surface area contributed by atoms with Gasteiger partial charge in [-0.1, -0.05) is 0 Å². The molecule has 17 heavy (non-hydrogen) atoms. The van der Waals surface area contributed by atoms with E-state index in [1.165, 1.54) is 13.2 Å². The van der Waals surface area contributed by atoms with E-state index >= 15 is 0 Å². The Kier molecular flexibility index (Phi) is 2.99. The summed E-state index contributed by atoms with van der Waals surface area (Å²) >= 11 is 0. The van der Waals surface area contributed by atoms with Crippen LogP contribution in [0.1, 0.15) is 23.2 Å². The van der Waals surface area contributed by atoms with Gasteiger partial charge in [0.05, 0.1) is 18.4 Å². The zero-order valence-corrected chi connectivity index (χ0v) is 9.40. The Hall–Kier alpha value is -2.04. The minimum absolute atomic E-state index is 0.0401. The molecule has 0 aromatic heterocycles. The molecule has 2 N–H and O–H groups in total. The van der Waals surface area contributed by atoms with Crippen molar-refractivity contribution in [1.29, 1.82) is 0 Å². The van der Waals surface area contributed by atoms with Crippen LogP contribution < -0.4 is 10.1 Å². The van der Waals surface area contributed by atoms with Crippen LogP contribution >= 0.6 is 0 Å². The van der Waals surface area contributed by atoms with E-state index in [2.05, 4.69) is 5.32 Å². The van der Waals surface area contributed by atoms with Gasteiger partial charge in [0.15, 0.2) is 0 Å². The fraction of sp³-hybridized carbons (Fsp3) is 0.333. The lowest BCUT2D eigenvalue weighted by molar-refractivity contribution is -0.117. The highest BCUT2D eigenvalue weighted by Gasteiger charge is 2.30. The van der Waals surface area contributed by atoms with Crippen molar-refractivity contribution >= 4 is 17.6 Å². The van der Waals surface area contributed by atoms with Gasteiger partial charge in [-0.25, -0.2) is 4.79 Å². The molecule has 1 aromatic carbocycles. The van der Waals surface area contributed by atoms with Crippen LogP contribution in [0.4, 0.5) is 5.69 Å². The lowest BCUT2D eigenvalue weighted by Crippen LogP contribution is -2.16. The standard InChI is InChI=1S/C12H13NO4/c1-17-8-4-5-10(9(6-8)12(15)16)13-11(14)7-2-3-7/h4-7H,2-3H2,1H3,(H,13,14)(H,15,16). The molecular weight excluding hydrogens is 222 g/mol. The van der Waals surface area contributed by atoms with Crippen LogP contribution in [0.5, 0.6) is 5.75 Å². The first kappa shape index (κ1) is 11.4. The molecule has 1 fully saturated rings. The number of carboxylic acids is 1. The second-order valence-corrected chi connectivity index (χ2v) is 3.98. The largest absolute Gasteiger partial charge is 0.497 e. The van der Waals surface area contributed by atoms with Gasteiger partial charge >= 0.3 is 5.97 Å². The smallest absolute Gasteiger partial charge is 0.337 e. The van der Waals surface area contributed by atoms with Crippen LogP contribution in [-0.4, -0.2) is 24.1 Å². The van der Waals surface area contributed by atoms with Gasteiger partial charge < -0.3 is 15.2 Å². The van der Waals surface area contributed by atoms with Crippen molar-refractivity contribution in [3.8, 4) is 5.75 Å².